The van der Waals surface area contributed by atoms with Crippen LogP contribution in [0.4, 0.5) is 0 Å². The van der Waals surface area contributed by atoms with Gasteiger partial charge in [0.15, 0.2) is 0 Å². The molecule has 0 fully saturated rings. The molecule has 0 spiro atoms. The first-order chi connectivity index (χ1) is 20.0. The molecule has 0 aliphatic carbocycles. The van der Waals surface area contributed by atoms with E-state index in [0.717, 1.165) is 19.3 Å². The van der Waals surface area contributed by atoms with E-state index in [1.807, 2.05) is 0 Å². The molecule has 263 valence electrons. The van der Waals surface area contributed by atoms with Gasteiger partial charge in [0, 0.05) is 0 Å². The van der Waals surface area contributed by atoms with Gasteiger partial charge >= 0.3 is 64.6 Å². The third kappa shape index (κ3) is 49.1. The number of unbranched alkanes of at least 4 members (excludes halogenated alkanes) is 1. The molecule has 0 saturated heterocycles. The molecule has 44 heavy (non-hydrogen) atoms. The van der Waals surface area contributed by atoms with Crippen LogP contribution in [0.5, 0.6) is 0 Å². The molecule has 0 heterocycles. The van der Waals surface area contributed by atoms with Crippen LogP contribution in [0.25, 0.3) is 0 Å². The van der Waals surface area contributed by atoms with E-state index in [1.165, 1.54) is 17.3 Å². The fourth-order valence-electron chi connectivity index (χ4n) is 4.33. The van der Waals surface area contributed by atoms with Crippen molar-refractivity contribution in [2.45, 2.75) is 127 Å². The van der Waals surface area contributed by atoms with E-state index in [9.17, 15) is 14.4 Å². The molecule has 3 unspecified atom stereocenters. The van der Waals surface area contributed by atoms with Crippen molar-refractivity contribution in [3.63, 3.8) is 0 Å². The van der Waals surface area contributed by atoms with Gasteiger partial charge in [0.05, 0.1) is 37.1 Å². The Balaban J connectivity index is -0.000000253. The van der Waals surface area contributed by atoms with Crippen LogP contribution in [0.15, 0.2) is 0 Å². The van der Waals surface area contributed by atoms with Crippen molar-refractivity contribution in [3.05, 3.63) is 0 Å². The normalized spacial score (nSPS) is 13.3. The Hall–Kier alpha value is 0.259. The minimum atomic E-state index is -0.232. The van der Waals surface area contributed by atoms with Gasteiger partial charge in [-0.05, 0) is 53.3 Å². The van der Waals surface area contributed by atoms with E-state index in [4.69, 9.17) is 14.2 Å². The standard InChI is InChI=1S/3C10H20O2S.C4H9.Sn/c3*1-8(5-10(2,3)4)6-12-9(11)7-13;1-3-4-2;/h3*8,13H,5-7H2,1-4H3;1,3-4H2,2H3;. The van der Waals surface area contributed by atoms with Gasteiger partial charge in [0.25, 0.3) is 0 Å². The molecular weight excluding hydrogens is 719 g/mol. The number of ether oxygens (including phenoxy) is 3. The first-order valence-corrected chi connectivity index (χ1v) is 19.8. The zero-order valence-corrected chi connectivity index (χ0v) is 36.0. The second kappa shape index (κ2) is 29.4. The van der Waals surface area contributed by atoms with Crippen LogP contribution in [0.2, 0.25) is 4.44 Å². The van der Waals surface area contributed by atoms with Gasteiger partial charge in [0.1, 0.15) is 0 Å². The molecule has 0 amide bonds. The molecule has 0 bridgehead atoms. The van der Waals surface area contributed by atoms with Crippen LogP contribution in [-0.2, 0) is 28.6 Å². The number of rotatable bonds is 14. The summed E-state index contributed by atoms with van der Waals surface area (Å²) in [4.78, 5) is 32.3. The van der Waals surface area contributed by atoms with E-state index in [-0.39, 0.29) is 35.2 Å². The van der Waals surface area contributed by atoms with Crippen molar-refractivity contribution in [1.82, 2.24) is 0 Å². The molecule has 0 aromatic heterocycles. The third-order valence-corrected chi connectivity index (χ3v) is 7.17. The fourth-order valence-corrected chi connectivity index (χ4v) is 5.62. The summed E-state index contributed by atoms with van der Waals surface area (Å²) in [6, 6.07) is 0. The Labute approximate surface area is 302 Å². The molecule has 6 nitrogen and oxygen atoms in total. The zero-order valence-electron chi connectivity index (χ0n) is 30.5. The quantitative estimate of drug-likeness (QED) is 0.0707. The molecule has 3 atom stereocenters. The molecule has 0 aliphatic rings. The van der Waals surface area contributed by atoms with Crippen molar-refractivity contribution >= 4 is 78.3 Å². The average molecular weight is 789 g/mol. The predicted octanol–water partition coefficient (Wildman–Crippen LogP) is 8.97. The number of carbonyl (C=O) groups is 3. The van der Waals surface area contributed by atoms with Gasteiger partial charge in [-0.3, -0.25) is 14.4 Å². The first-order valence-electron chi connectivity index (χ1n) is 15.9. The van der Waals surface area contributed by atoms with E-state index in [2.05, 4.69) is 128 Å². The predicted molar refractivity (Wildman–Crippen MR) is 200 cm³/mol. The number of thiol groups is 3. The van der Waals surface area contributed by atoms with Crippen LogP contribution in [-0.4, -0.2) is 77.5 Å². The zero-order chi connectivity index (χ0) is 35.6. The summed E-state index contributed by atoms with van der Waals surface area (Å²) in [5, 5.41) is 0. The Morgan fingerprint density at radius 3 is 0.909 bits per heavy atom. The number of esters is 3. The Morgan fingerprint density at radius 2 is 0.795 bits per heavy atom. The summed E-state index contributed by atoms with van der Waals surface area (Å²) in [6.45, 7) is 29.7. The molecule has 3 radical (unpaired) electrons. The molecule has 0 aromatic rings. The van der Waals surface area contributed by atoms with Gasteiger partial charge in [-0.1, -0.05) is 83.1 Å². The van der Waals surface area contributed by atoms with Crippen molar-refractivity contribution < 1.29 is 28.6 Å². The van der Waals surface area contributed by atoms with E-state index in [1.54, 1.807) is 22.5 Å². The summed E-state index contributed by atoms with van der Waals surface area (Å²) in [5.41, 5.74) is 0.895. The van der Waals surface area contributed by atoms with Crippen molar-refractivity contribution in [2.75, 3.05) is 37.1 Å². The van der Waals surface area contributed by atoms with Gasteiger partial charge in [-0.15, -0.1) is 0 Å². The van der Waals surface area contributed by atoms with Gasteiger partial charge < -0.3 is 14.2 Å². The van der Waals surface area contributed by atoms with Gasteiger partial charge in [-0.25, -0.2) is 0 Å². The summed E-state index contributed by atoms with van der Waals surface area (Å²) in [7, 11) is 0. The molecule has 10 heteroatoms. The SMILES string of the molecule is CC(COC(=O)CS)CC(C)(C)C.CC(COC(=O)CS)CC(C)(C)C.CC(COC(=O)CS)CC(C)(C)C.CCC[CH2][Sn]. The maximum atomic E-state index is 10.8. The topological polar surface area (TPSA) is 78.9 Å². The summed E-state index contributed by atoms with van der Waals surface area (Å²) in [6.07, 6.45) is 5.98. The minimum absolute atomic E-state index is 0.169. The van der Waals surface area contributed by atoms with Crippen molar-refractivity contribution in [1.29, 1.82) is 0 Å². The summed E-state index contributed by atoms with van der Waals surface area (Å²) in [5.74, 6) is 1.07. The summed E-state index contributed by atoms with van der Waals surface area (Å²) < 4.78 is 16.4. The number of hydrogen-bond donors (Lipinski definition) is 3. The summed E-state index contributed by atoms with van der Waals surface area (Å²) >= 11 is 13.2. The van der Waals surface area contributed by atoms with E-state index >= 15 is 0 Å². The molecule has 0 aromatic carbocycles. The fraction of sp³-hybridized carbons (Fsp3) is 0.912. The van der Waals surface area contributed by atoms with E-state index in [0.29, 0.717) is 53.8 Å². The number of hydrogen-bond acceptors (Lipinski definition) is 9. The van der Waals surface area contributed by atoms with Crippen molar-refractivity contribution in [3.8, 4) is 0 Å². The van der Waals surface area contributed by atoms with Crippen LogP contribution in [0, 0.1) is 34.0 Å². The maximum absolute atomic E-state index is 10.8. The van der Waals surface area contributed by atoms with Crippen molar-refractivity contribution in [2.24, 2.45) is 34.0 Å². The monoisotopic (exact) mass is 789 g/mol. The third-order valence-electron chi connectivity index (χ3n) is 5.39. The second-order valence-electron chi connectivity index (χ2n) is 15.2. The molecule has 0 aliphatic heterocycles. The first kappa shape index (κ1) is 51.1. The molecular formula is C34H69O6S3Sn. The van der Waals surface area contributed by atoms with Crippen LogP contribution in [0.3, 0.4) is 0 Å². The second-order valence-corrected chi connectivity index (χ2v) is 17.6. The Bertz CT molecular complexity index is 623. The average Bonchev–Trinajstić information content (AvgIpc) is 2.87. The van der Waals surface area contributed by atoms with Crippen LogP contribution >= 0.6 is 37.9 Å². The van der Waals surface area contributed by atoms with Crippen LogP contribution in [0.1, 0.15) is 122 Å². The molecule has 0 rings (SSSR count). The van der Waals surface area contributed by atoms with Gasteiger partial charge in [-0.2, -0.15) is 37.9 Å². The van der Waals surface area contributed by atoms with Gasteiger partial charge in [0.2, 0.25) is 0 Å². The molecule has 0 N–H and O–H groups in total. The Kier molecular flexibility index (Phi) is 34.1. The van der Waals surface area contributed by atoms with Crippen LogP contribution < -0.4 is 0 Å². The number of carbonyl (C=O) groups excluding carboxylic acids is 3. The van der Waals surface area contributed by atoms with E-state index < -0.39 is 0 Å². The molecule has 0 saturated carbocycles. The Morgan fingerprint density at radius 1 is 0.568 bits per heavy atom.